The first-order chi connectivity index (χ1) is 8.90. The highest BCUT2D eigenvalue weighted by Crippen LogP contribution is 2.41. The quantitative estimate of drug-likeness (QED) is 0.749. The summed E-state index contributed by atoms with van der Waals surface area (Å²) in [5.41, 5.74) is 0.832. The van der Waals surface area contributed by atoms with Crippen molar-refractivity contribution in [2.75, 3.05) is 6.61 Å². The van der Waals surface area contributed by atoms with Crippen molar-refractivity contribution >= 4 is 8.60 Å². The molecule has 0 saturated heterocycles. The van der Waals surface area contributed by atoms with Crippen LogP contribution in [0, 0.1) is 0 Å². The summed E-state index contributed by atoms with van der Waals surface area (Å²) >= 11 is 0. The zero-order valence-electron chi connectivity index (χ0n) is 12.0. The molecule has 19 heavy (non-hydrogen) atoms. The second-order valence-corrected chi connectivity index (χ2v) is 5.76. The van der Waals surface area contributed by atoms with E-state index in [1.807, 2.05) is 13.0 Å². The average Bonchev–Trinajstić information content (AvgIpc) is 2.30. The normalized spacial score (nSPS) is 11.7. The van der Waals surface area contributed by atoms with E-state index >= 15 is 0 Å². The highest BCUT2D eigenvalue weighted by Gasteiger charge is 2.25. The minimum Gasteiger partial charge on any atom is -0.494 e. The molecule has 0 fully saturated rings. The second kappa shape index (κ2) is 7.09. The number of rotatable bonds is 7. The van der Waals surface area contributed by atoms with Gasteiger partial charge < -0.3 is 19.0 Å². The Bertz CT molecular complexity index is 404. The van der Waals surface area contributed by atoms with E-state index in [2.05, 4.69) is 20.8 Å². The van der Waals surface area contributed by atoms with Gasteiger partial charge in [-0.15, -0.1) is 0 Å². The van der Waals surface area contributed by atoms with Crippen LogP contribution in [0.4, 0.5) is 0 Å². The molecule has 0 radical (unpaired) electrons. The summed E-state index contributed by atoms with van der Waals surface area (Å²) < 4.78 is 10.6. The fraction of sp³-hybridized carbons (Fsp3) is 0.571. The first-order valence-corrected chi connectivity index (χ1v) is 7.70. The van der Waals surface area contributed by atoms with Gasteiger partial charge in [0, 0.05) is 5.56 Å². The van der Waals surface area contributed by atoms with Gasteiger partial charge in [-0.3, -0.25) is 0 Å². The first kappa shape index (κ1) is 16.2. The van der Waals surface area contributed by atoms with Gasteiger partial charge in [0.05, 0.1) is 6.61 Å². The molecule has 5 heteroatoms. The second-order valence-electron chi connectivity index (χ2n) is 5.07. The summed E-state index contributed by atoms with van der Waals surface area (Å²) in [7, 11) is -2.41. The van der Waals surface area contributed by atoms with Crippen LogP contribution in [0.2, 0.25) is 0 Å². The van der Waals surface area contributed by atoms with Gasteiger partial charge >= 0.3 is 8.60 Å². The molecule has 0 aliphatic rings. The number of hydrogen-bond acceptors (Lipinski definition) is 4. The molecule has 0 heterocycles. The summed E-state index contributed by atoms with van der Waals surface area (Å²) in [6.45, 7) is 8.89. The summed E-state index contributed by atoms with van der Waals surface area (Å²) in [6.07, 6.45) is 2.02. The molecule has 2 N–H and O–H groups in total. The highest BCUT2D eigenvalue weighted by atomic mass is 31.2. The molecule has 1 aromatic carbocycles. The Morgan fingerprint density at radius 2 is 1.89 bits per heavy atom. The molecule has 0 saturated carbocycles. The van der Waals surface area contributed by atoms with Gasteiger partial charge in [0.2, 0.25) is 0 Å². The third kappa shape index (κ3) is 4.64. The van der Waals surface area contributed by atoms with Crippen molar-refractivity contribution in [3.8, 4) is 11.5 Å². The van der Waals surface area contributed by atoms with E-state index in [0.29, 0.717) is 12.4 Å². The van der Waals surface area contributed by atoms with Gasteiger partial charge in [0.15, 0.2) is 0 Å². The molecule has 108 valence electrons. The molecule has 0 unspecified atom stereocenters. The van der Waals surface area contributed by atoms with Crippen molar-refractivity contribution in [2.24, 2.45) is 0 Å². The van der Waals surface area contributed by atoms with E-state index in [1.165, 1.54) is 0 Å². The molecule has 0 atom stereocenters. The lowest BCUT2D eigenvalue weighted by molar-refractivity contribution is 0.335. The largest absolute Gasteiger partial charge is 0.494 e. The first-order valence-electron chi connectivity index (χ1n) is 6.54. The van der Waals surface area contributed by atoms with Crippen LogP contribution in [0.1, 0.15) is 46.1 Å². The Morgan fingerprint density at radius 1 is 1.21 bits per heavy atom. The molecule has 1 aromatic rings. The van der Waals surface area contributed by atoms with E-state index < -0.39 is 8.60 Å². The molecule has 4 nitrogen and oxygen atoms in total. The summed E-state index contributed by atoms with van der Waals surface area (Å²) in [6, 6.07) is 5.44. The third-order valence-corrected chi connectivity index (χ3v) is 3.41. The van der Waals surface area contributed by atoms with Crippen LogP contribution >= 0.6 is 8.60 Å². The molecule has 0 spiro atoms. The summed E-state index contributed by atoms with van der Waals surface area (Å²) in [5, 5.41) is 0. The fourth-order valence-corrected chi connectivity index (χ4v) is 2.56. The summed E-state index contributed by atoms with van der Waals surface area (Å²) in [5.74, 6) is 1.28. The minimum absolute atomic E-state index is 0.109. The standard InChI is InChI=1S/C14H23O4P/c1-5-9-14(3,4)12-10-11(17-6-2)7-8-13(12)18-19(15)16/h7-8,10,15-16H,5-6,9H2,1-4H3. The van der Waals surface area contributed by atoms with Crippen LogP contribution in [0.15, 0.2) is 18.2 Å². The predicted octanol–water partition coefficient (Wildman–Crippen LogP) is 3.75. The van der Waals surface area contributed by atoms with Crippen molar-refractivity contribution < 1.29 is 19.0 Å². The Morgan fingerprint density at radius 3 is 2.42 bits per heavy atom. The van der Waals surface area contributed by atoms with Crippen LogP contribution in [0.25, 0.3) is 0 Å². The Hall–Kier alpha value is -0.830. The third-order valence-electron chi connectivity index (χ3n) is 3.05. The van der Waals surface area contributed by atoms with E-state index in [9.17, 15) is 0 Å². The van der Waals surface area contributed by atoms with Crippen LogP contribution in [-0.4, -0.2) is 16.4 Å². The topological polar surface area (TPSA) is 58.9 Å². The molecule has 1 rings (SSSR count). The van der Waals surface area contributed by atoms with Crippen LogP contribution in [0.5, 0.6) is 11.5 Å². The Balaban J connectivity index is 3.16. The SMILES string of the molecule is CCCC(C)(C)c1cc(OCC)ccc1OP(O)O. The zero-order valence-corrected chi connectivity index (χ0v) is 12.9. The lowest BCUT2D eigenvalue weighted by Gasteiger charge is -2.27. The van der Waals surface area contributed by atoms with Crippen molar-refractivity contribution in [1.82, 2.24) is 0 Å². The molecular weight excluding hydrogens is 263 g/mol. The maximum atomic E-state index is 9.07. The molecule has 0 bridgehead atoms. The van der Waals surface area contributed by atoms with E-state index in [-0.39, 0.29) is 5.41 Å². The number of hydrogen-bond donors (Lipinski definition) is 2. The molecule has 0 aromatic heterocycles. The number of benzene rings is 1. The van der Waals surface area contributed by atoms with E-state index in [0.717, 1.165) is 24.2 Å². The smallest absolute Gasteiger partial charge is 0.391 e. The van der Waals surface area contributed by atoms with Gasteiger partial charge in [0.25, 0.3) is 0 Å². The van der Waals surface area contributed by atoms with Crippen molar-refractivity contribution in [1.29, 1.82) is 0 Å². The van der Waals surface area contributed by atoms with Crippen molar-refractivity contribution in [3.63, 3.8) is 0 Å². The Kier molecular flexibility index (Phi) is 6.05. The molecule has 0 amide bonds. The van der Waals surface area contributed by atoms with Gasteiger partial charge in [-0.2, -0.15) is 0 Å². The molecular formula is C14H23O4P. The number of ether oxygens (including phenoxy) is 1. The van der Waals surface area contributed by atoms with Crippen LogP contribution in [0.3, 0.4) is 0 Å². The monoisotopic (exact) mass is 286 g/mol. The van der Waals surface area contributed by atoms with Crippen LogP contribution < -0.4 is 9.26 Å². The van der Waals surface area contributed by atoms with Crippen molar-refractivity contribution in [3.05, 3.63) is 23.8 Å². The van der Waals surface area contributed by atoms with Gasteiger partial charge in [-0.1, -0.05) is 27.2 Å². The van der Waals surface area contributed by atoms with E-state index in [4.69, 9.17) is 19.0 Å². The molecule has 0 aliphatic carbocycles. The highest BCUT2D eigenvalue weighted by molar-refractivity contribution is 7.39. The average molecular weight is 286 g/mol. The van der Waals surface area contributed by atoms with Gasteiger partial charge in [-0.25, -0.2) is 0 Å². The van der Waals surface area contributed by atoms with E-state index in [1.54, 1.807) is 12.1 Å². The summed E-state index contributed by atoms with van der Waals surface area (Å²) in [4.78, 5) is 18.1. The maximum Gasteiger partial charge on any atom is 0.391 e. The molecule has 0 aliphatic heterocycles. The maximum absolute atomic E-state index is 9.07. The Labute approximate surface area is 116 Å². The zero-order chi connectivity index (χ0) is 14.5. The van der Waals surface area contributed by atoms with Gasteiger partial charge in [-0.05, 0) is 37.0 Å². The van der Waals surface area contributed by atoms with Gasteiger partial charge in [0.1, 0.15) is 11.5 Å². The lowest BCUT2D eigenvalue weighted by atomic mass is 9.80. The van der Waals surface area contributed by atoms with Crippen LogP contribution in [-0.2, 0) is 5.41 Å². The lowest BCUT2D eigenvalue weighted by Crippen LogP contribution is -2.18. The fourth-order valence-electron chi connectivity index (χ4n) is 2.22. The predicted molar refractivity (Wildman–Crippen MR) is 77.5 cm³/mol. The minimum atomic E-state index is -2.41. The van der Waals surface area contributed by atoms with Crippen molar-refractivity contribution in [2.45, 2.75) is 46.0 Å².